The topological polar surface area (TPSA) is 68.3 Å². The summed E-state index contributed by atoms with van der Waals surface area (Å²) in [7, 11) is 3.06. The number of carbonyl (C=O) groups excluding carboxylic acids is 2. The molecule has 1 aromatic carbocycles. The van der Waals surface area contributed by atoms with Gasteiger partial charge < -0.3 is 9.47 Å². The van der Waals surface area contributed by atoms with Crippen LogP contribution in [-0.4, -0.2) is 61.3 Å². The molecule has 164 valence electrons. The van der Waals surface area contributed by atoms with Gasteiger partial charge in [0.1, 0.15) is 5.75 Å². The predicted octanol–water partition coefficient (Wildman–Crippen LogP) is 2.79. The van der Waals surface area contributed by atoms with Crippen LogP contribution in [0.4, 0.5) is 0 Å². The Balaban J connectivity index is 1.76. The van der Waals surface area contributed by atoms with E-state index in [1.54, 1.807) is 13.2 Å². The molecule has 0 aromatic heterocycles. The van der Waals surface area contributed by atoms with Crippen LogP contribution in [0.1, 0.15) is 36.0 Å². The lowest BCUT2D eigenvalue weighted by molar-refractivity contribution is -0.218. The van der Waals surface area contributed by atoms with E-state index in [-0.39, 0.29) is 24.9 Å². The van der Waals surface area contributed by atoms with Gasteiger partial charge in [0.15, 0.2) is 0 Å². The third-order valence-electron chi connectivity index (χ3n) is 6.43. The number of piperidine rings is 1. The van der Waals surface area contributed by atoms with Crippen molar-refractivity contribution in [3.8, 4) is 5.75 Å². The zero-order chi connectivity index (χ0) is 21.9. The first-order valence-corrected chi connectivity index (χ1v) is 10.4. The number of methoxy groups -OCH3 is 2. The molecule has 2 aliphatic rings. The second-order valence-electron chi connectivity index (χ2n) is 8.18. The Kier molecular flexibility index (Phi) is 6.83. The van der Waals surface area contributed by atoms with Gasteiger partial charge in [-0.15, -0.1) is 6.58 Å². The first-order valence-electron chi connectivity index (χ1n) is 10.4. The molecule has 3 rings (SSSR count). The number of rotatable bonds is 7. The van der Waals surface area contributed by atoms with E-state index in [2.05, 4.69) is 30.5 Å². The molecular weight excluding hydrogens is 384 g/mol. The van der Waals surface area contributed by atoms with Crippen LogP contribution < -0.4 is 4.74 Å². The molecule has 2 fully saturated rings. The van der Waals surface area contributed by atoms with Crippen molar-refractivity contribution in [2.24, 2.45) is 5.92 Å². The minimum Gasteiger partial charge on any atom is -0.496 e. The van der Waals surface area contributed by atoms with E-state index in [0.717, 1.165) is 30.9 Å². The number of hydroxylamine groups is 2. The van der Waals surface area contributed by atoms with Gasteiger partial charge in [-0.2, -0.15) is 0 Å². The summed E-state index contributed by atoms with van der Waals surface area (Å²) < 4.78 is 10.4. The number of nitrogens with zero attached hydrogens (tertiary/aromatic N) is 2. The Bertz CT molecular complexity index is 814. The van der Waals surface area contributed by atoms with Crippen molar-refractivity contribution < 1.29 is 23.9 Å². The number of aryl methyl sites for hydroxylation is 2. The van der Waals surface area contributed by atoms with Crippen molar-refractivity contribution in [3.05, 3.63) is 41.5 Å². The van der Waals surface area contributed by atoms with Crippen molar-refractivity contribution in [3.63, 3.8) is 0 Å². The van der Waals surface area contributed by atoms with Gasteiger partial charge in [-0.3, -0.25) is 19.3 Å². The van der Waals surface area contributed by atoms with Crippen LogP contribution in [0.25, 0.3) is 0 Å². The highest BCUT2D eigenvalue weighted by molar-refractivity contribution is 5.88. The zero-order valence-corrected chi connectivity index (χ0v) is 18.4. The van der Waals surface area contributed by atoms with Crippen LogP contribution in [0, 0.1) is 19.8 Å². The molecule has 0 bridgehead atoms. The van der Waals surface area contributed by atoms with Crippen LogP contribution in [0.5, 0.6) is 5.75 Å². The second kappa shape index (κ2) is 9.18. The van der Waals surface area contributed by atoms with Gasteiger partial charge in [0, 0.05) is 26.1 Å². The zero-order valence-electron chi connectivity index (χ0n) is 18.4. The number of esters is 1. The highest BCUT2D eigenvalue weighted by Crippen LogP contribution is 2.44. The molecule has 1 spiro atoms. The molecule has 30 heavy (non-hydrogen) atoms. The van der Waals surface area contributed by atoms with Crippen LogP contribution in [0.15, 0.2) is 24.8 Å². The molecule has 0 saturated carbocycles. The van der Waals surface area contributed by atoms with E-state index in [0.29, 0.717) is 12.8 Å². The quantitative estimate of drug-likeness (QED) is 0.503. The maximum atomic E-state index is 12.6. The summed E-state index contributed by atoms with van der Waals surface area (Å²) in [6.07, 6.45) is 3.05. The van der Waals surface area contributed by atoms with Gasteiger partial charge in [0.2, 0.25) is 5.91 Å². The highest BCUT2D eigenvalue weighted by atomic mass is 16.7. The number of ether oxygens (including phenoxy) is 2. The van der Waals surface area contributed by atoms with Crippen molar-refractivity contribution in [2.75, 3.05) is 33.9 Å². The molecule has 2 heterocycles. The van der Waals surface area contributed by atoms with Crippen molar-refractivity contribution in [1.29, 1.82) is 0 Å². The minimum absolute atomic E-state index is 0.126. The van der Waals surface area contributed by atoms with Gasteiger partial charge in [-0.25, -0.2) is 5.06 Å². The summed E-state index contributed by atoms with van der Waals surface area (Å²) in [5, 5.41) is 1.44. The SMILES string of the molecule is C=CCON1C(=O)C[C@@H](C(=O)OC)C12CCN(Cc1cc(C)c(OC)cc1C)CC2. The lowest BCUT2D eigenvalue weighted by Crippen LogP contribution is -2.57. The molecule has 0 radical (unpaired) electrons. The number of likely N-dealkylation sites (tertiary alicyclic amines) is 1. The Labute approximate surface area is 178 Å². The Morgan fingerprint density at radius 2 is 1.93 bits per heavy atom. The van der Waals surface area contributed by atoms with Gasteiger partial charge in [-0.1, -0.05) is 12.1 Å². The van der Waals surface area contributed by atoms with Crippen molar-refractivity contribution >= 4 is 11.9 Å². The Morgan fingerprint density at radius 1 is 1.23 bits per heavy atom. The standard InChI is InChI=1S/C23H32N2O5/c1-6-11-30-25-21(26)14-19(22(27)29-5)23(25)7-9-24(10-8-23)15-18-12-17(3)20(28-4)13-16(18)2/h6,12-13,19H,1,7-11,14-15H2,2-5H3/t19-/m0/s1. The van der Waals surface area contributed by atoms with E-state index in [1.165, 1.54) is 23.3 Å². The molecule has 2 aliphatic heterocycles. The maximum Gasteiger partial charge on any atom is 0.311 e. The highest BCUT2D eigenvalue weighted by Gasteiger charge is 2.58. The van der Waals surface area contributed by atoms with Crippen molar-refractivity contribution in [1.82, 2.24) is 9.96 Å². The monoisotopic (exact) mass is 416 g/mol. The first-order chi connectivity index (χ1) is 14.4. The fourth-order valence-corrected chi connectivity index (χ4v) is 4.74. The summed E-state index contributed by atoms with van der Waals surface area (Å²) in [5.41, 5.74) is 2.91. The summed E-state index contributed by atoms with van der Waals surface area (Å²) in [4.78, 5) is 33.2. The smallest absolute Gasteiger partial charge is 0.311 e. The number of hydrogen-bond acceptors (Lipinski definition) is 6. The second-order valence-corrected chi connectivity index (χ2v) is 8.18. The van der Waals surface area contributed by atoms with E-state index >= 15 is 0 Å². The molecule has 1 atom stereocenters. The fourth-order valence-electron chi connectivity index (χ4n) is 4.74. The number of benzene rings is 1. The molecule has 7 nitrogen and oxygen atoms in total. The largest absolute Gasteiger partial charge is 0.496 e. The molecular formula is C23H32N2O5. The van der Waals surface area contributed by atoms with Gasteiger partial charge >= 0.3 is 5.97 Å². The number of hydrogen-bond donors (Lipinski definition) is 0. The Hall–Kier alpha value is -2.38. The van der Waals surface area contributed by atoms with E-state index in [1.807, 2.05) is 6.92 Å². The summed E-state index contributed by atoms with van der Waals surface area (Å²) >= 11 is 0. The minimum atomic E-state index is -0.658. The van der Waals surface area contributed by atoms with E-state index in [4.69, 9.17) is 14.3 Å². The average molecular weight is 417 g/mol. The van der Waals surface area contributed by atoms with Crippen molar-refractivity contribution in [2.45, 2.75) is 45.2 Å². The van der Waals surface area contributed by atoms with E-state index in [9.17, 15) is 9.59 Å². The fraction of sp³-hybridized carbons (Fsp3) is 0.565. The van der Waals surface area contributed by atoms with Crippen LogP contribution in [-0.2, 0) is 25.7 Å². The molecule has 0 N–H and O–H groups in total. The van der Waals surface area contributed by atoms with Gasteiger partial charge in [0.05, 0.1) is 32.3 Å². The third kappa shape index (κ3) is 4.09. The Morgan fingerprint density at radius 3 is 2.53 bits per heavy atom. The number of carbonyl (C=O) groups is 2. The van der Waals surface area contributed by atoms with Crippen LogP contribution >= 0.6 is 0 Å². The molecule has 0 unspecified atom stereocenters. The van der Waals surface area contributed by atoms with E-state index < -0.39 is 11.5 Å². The van der Waals surface area contributed by atoms with Gasteiger partial charge in [-0.05, 0) is 49.4 Å². The first kappa shape index (κ1) is 22.3. The summed E-state index contributed by atoms with van der Waals surface area (Å²) in [5.74, 6) is -0.119. The molecule has 7 heteroatoms. The molecule has 2 saturated heterocycles. The van der Waals surface area contributed by atoms with Gasteiger partial charge in [0.25, 0.3) is 0 Å². The molecule has 0 aliphatic carbocycles. The summed E-state index contributed by atoms with van der Waals surface area (Å²) in [6.45, 7) is 10.4. The summed E-state index contributed by atoms with van der Waals surface area (Å²) in [6, 6.07) is 4.25. The maximum absolute atomic E-state index is 12.6. The third-order valence-corrected chi connectivity index (χ3v) is 6.43. The molecule has 1 aromatic rings. The van der Waals surface area contributed by atoms with Crippen LogP contribution in [0.3, 0.4) is 0 Å². The average Bonchev–Trinajstić information content (AvgIpc) is 3.01. The van der Waals surface area contributed by atoms with Crippen LogP contribution in [0.2, 0.25) is 0 Å². The normalized spacial score (nSPS) is 21.1. The number of amides is 1. The predicted molar refractivity (Wildman–Crippen MR) is 113 cm³/mol. The lowest BCUT2D eigenvalue weighted by atomic mass is 9.77. The molecule has 1 amide bonds. The lowest BCUT2D eigenvalue weighted by Gasteiger charge is -2.45.